The van der Waals surface area contributed by atoms with E-state index >= 15 is 0 Å². The summed E-state index contributed by atoms with van der Waals surface area (Å²) in [5.74, 6) is -0.731. The number of benzene rings is 2. The molecule has 1 saturated carbocycles. The van der Waals surface area contributed by atoms with Crippen LogP contribution in [0.5, 0.6) is 0 Å². The second-order valence-corrected chi connectivity index (χ2v) is 8.44. The summed E-state index contributed by atoms with van der Waals surface area (Å²) in [5, 5.41) is 2.83. The second kappa shape index (κ2) is 6.41. The van der Waals surface area contributed by atoms with Crippen LogP contribution >= 0.6 is 15.9 Å². The van der Waals surface area contributed by atoms with Crippen LogP contribution in [0.4, 0.5) is 11.4 Å². The molecule has 140 valence electrons. The van der Waals surface area contributed by atoms with Crippen LogP contribution in [0.1, 0.15) is 16.8 Å². The quantitative estimate of drug-likeness (QED) is 0.583. The van der Waals surface area contributed by atoms with Gasteiger partial charge in [0.15, 0.2) is 0 Å². The van der Waals surface area contributed by atoms with Gasteiger partial charge >= 0.3 is 0 Å². The molecule has 2 aromatic rings. The van der Waals surface area contributed by atoms with Gasteiger partial charge in [0.05, 0.1) is 17.5 Å². The standard InChI is InChI=1S/C22H17BrN2O3/c23-15-6-8-16(9-7-15)24-20(26)14-2-1-3-17(11-14)25-21(27)18-12-4-5-13(10-12)19(18)22(25)28/h1-9,11-13,18-19H,10H2,(H,24,26)/t12-,13-,18-,19-/m0/s1. The Morgan fingerprint density at radius 3 is 2.25 bits per heavy atom. The first-order valence-electron chi connectivity index (χ1n) is 9.26. The smallest absolute Gasteiger partial charge is 0.255 e. The Morgan fingerprint density at radius 1 is 0.964 bits per heavy atom. The number of fused-ring (bicyclic) bond motifs is 5. The highest BCUT2D eigenvalue weighted by atomic mass is 79.9. The summed E-state index contributed by atoms with van der Waals surface area (Å²) in [7, 11) is 0. The number of nitrogens with zero attached hydrogens (tertiary/aromatic N) is 1. The van der Waals surface area contributed by atoms with E-state index in [1.807, 2.05) is 12.1 Å². The van der Waals surface area contributed by atoms with E-state index in [1.54, 1.807) is 36.4 Å². The Hall–Kier alpha value is -2.73. The lowest BCUT2D eigenvalue weighted by molar-refractivity contribution is -0.123. The van der Waals surface area contributed by atoms with Crippen LogP contribution in [0, 0.1) is 23.7 Å². The van der Waals surface area contributed by atoms with Gasteiger partial charge in [-0.05, 0) is 60.7 Å². The number of carbonyl (C=O) groups is 3. The van der Waals surface area contributed by atoms with Gasteiger partial charge in [0.2, 0.25) is 11.8 Å². The van der Waals surface area contributed by atoms with Crippen molar-refractivity contribution in [3.05, 3.63) is 70.7 Å². The molecular formula is C22H17BrN2O3. The predicted octanol–water partition coefficient (Wildman–Crippen LogP) is 4.01. The van der Waals surface area contributed by atoms with Gasteiger partial charge in [0, 0.05) is 15.7 Å². The summed E-state index contributed by atoms with van der Waals surface area (Å²) in [6, 6.07) is 14.0. The zero-order chi connectivity index (χ0) is 19.4. The molecule has 4 atom stereocenters. The van der Waals surface area contributed by atoms with Crippen molar-refractivity contribution in [3.63, 3.8) is 0 Å². The number of amides is 3. The number of anilines is 2. The minimum absolute atomic E-state index is 0.141. The molecule has 1 aliphatic heterocycles. The van der Waals surface area contributed by atoms with Crippen molar-refractivity contribution < 1.29 is 14.4 Å². The third kappa shape index (κ3) is 2.63. The van der Waals surface area contributed by atoms with Crippen LogP contribution in [0.15, 0.2) is 65.2 Å². The molecule has 0 spiro atoms. The molecule has 2 aromatic carbocycles. The van der Waals surface area contributed by atoms with Crippen molar-refractivity contribution in [2.45, 2.75) is 6.42 Å². The minimum Gasteiger partial charge on any atom is -0.322 e. The van der Waals surface area contributed by atoms with E-state index in [4.69, 9.17) is 0 Å². The van der Waals surface area contributed by atoms with Crippen molar-refractivity contribution >= 4 is 45.0 Å². The molecular weight excluding hydrogens is 420 g/mol. The van der Waals surface area contributed by atoms with E-state index in [9.17, 15) is 14.4 Å². The van der Waals surface area contributed by atoms with Crippen LogP contribution < -0.4 is 10.2 Å². The molecule has 1 heterocycles. The fourth-order valence-corrected chi connectivity index (χ4v) is 4.94. The van der Waals surface area contributed by atoms with Crippen LogP contribution in [-0.2, 0) is 9.59 Å². The van der Waals surface area contributed by atoms with E-state index in [0.29, 0.717) is 16.9 Å². The molecule has 2 fully saturated rings. The Labute approximate surface area is 170 Å². The lowest BCUT2D eigenvalue weighted by Crippen LogP contribution is -2.33. The monoisotopic (exact) mass is 436 g/mol. The van der Waals surface area contributed by atoms with Crippen molar-refractivity contribution in [2.75, 3.05) is 10.2 Å². The Kier molecular flexibility index (Phi) is 3.98. The van der Waals surface area contributed by atoms with Gasteiger partial charge in [-0.3, -0.25) is 14.4 Å². The van der Waals surface area contributed by atoms with Gasteiger partial charge in [-0.2, -0.15) is 0 Å². The van der Waals surface area contributed by atoms with Gasteiger partial charge in [-0.1, -0.05) is 34.1 Å². The number of nitrogens with one attached hydrogen (secondary N) is 1. The summed E-state index contributed by atoms with van der Waals surface area (Å²) in [6.45, 7) is 0. The molecule has 0 unspecified atom stereocenters. The molecule has 3 aliphatic rings. The molecule has 1 saturated heterocycles. The van der Waals surface area contributed by atoms with Crippen LogP contribution in [-0.4, -0.2) is 17.7 Å². The minimum atomic E-state index is -0.287. The third-order valence-corrected chi connectivity index (χ3v) is 6.47. The summed E-state index contributed by atoms with van der Waals surface area (Å²) in [6.07, 6.45) is 5.04. The maximum absolute atomic E-state index is 13.0. The normalized spacial score (nSPS) is 27.4. The topological polar surface area (TPSA) is 66.5 Å². The fraction of sp³-hybridized carbons (Fsp3) is 0.227. The highest BCUT2D eigenvalue weighted by Crippen LogP contribution is 2.53. The van der Waals surface area contributed by atoms with Gasteiger partial charge in [-0.25, -0.2) is 4.90 Å². The molecule has 0 radical (unpaired) electrons. The molecule has 3 amide bonds. The van der Waals surface area contributed by atoms with Crippen molar-refractivity contribution in [3.8, 4) is 0 Å². The number of hydrogen-bond acceptors (Lipinski definition) is 3. The molecule has 28 heavy (non-hydrogen) atoms. The van der Waals surface area contributed by atoms with Gasteiger partial charge in [0.25, 0.3) is 5.91 Å². The van der Waals surface area contributed by atoms with E-state index < -0.39 is 0 Å². The summed E-state index contributed by atoms with van der Waals surface area (Å²) in [5.41, 5.74) is 1.54. The number of imide groups is 1. The second-order valence-electron chi connectivity index (χ2n) is 7.52. The third-order valence-electron chi connectivity index (χ3n) is 5.94. The highest BCUT2D eigenvalue weighted by Gasteiger charge is 2.59. The van der Waals surface area contributed by atoms with Crippen LogP contribution in [0.3, 0.4) is 0 Å². The predicted molar refractivity (Wildman–Crippen MR) is 109 cm³/mol. The van der Waals surface area contributed by atoms with Gasteiger partial charge in [0.1, 0.15) is 0 Å². The van der Waals surface area contributed by atoms with E-state index in [2.05, 4.69) is 33.4 Å². The number of carbonyl (C=O) groups excluding carboxylic acids is 3. The SMILES string of the molecule is O=C(Nc1ccc(Br)cc1)c1cccc(N2C(=O)[C@@H]3[C@@H](C2=O)[C@H]2C=C[C@H]3C2)c1. The van der Waals surface area contributed by atoms with Gasteiger partial charge < -0.3 is 5.32 Å². The first-order valence-corrected chi connectivity index (χ1v) is 10.1. The molecule has 5 rings (SSSR count). The molecule has 6 heteroatoms. The number of halogens is 1. The molecule has 5 nitrogen and oxygen atoms in total. The largest absolute Gasteiger partial charge is 0.322 e. The first-order chi connectivity index (χ1) is 13.5. The summed E-state index contributed by atoms with van der Waals surface area (Å²) >= 11 is 3.36. The average Bonchev–Trinajstić information content (AvgIpc) is 3.37. The first kappa shape index (κ1) is 17.4. The van der Waals surface area contributed by atoms with Crippen LogP contribution in [0.25, 0.3) is 0 Å². The van der Waals surface area contributed by atoms with Crippen LogP contribution in [0.2, 0.25) is 0 Å². The number of allylic oxidation sites excluding steroid dienone is 2. The zero-order valence-electron chi connectivity index (χ0n) is 14.8. The van der Waals surface area contributed by atoms with E-state index in [-0.39, 0.29) is 41.4 Å². The van der Waals surface area contributed by atoms with Crippen molar-refractivity contribution in [1.29, 1.82) is 0 Å². The lowest BCUT2D eigenvalue weighted by atomic mass is 9.85. The van der Waals surface area contributed by atoms with Crippen molar-refractivity contribution in [1.82, 2.24) is 0 Å². The highest BCUT2D eigenvalue weighted by molar-refractivity contribution is 9.10. The number of hydrogen-bond donors (Lipinski definition) is 1. The lowest BCUT2D eigenvalue weighted by Gasteiger charge is -2.18. The Bertz CT molecular complexity index is 1000. The molecule has 2 aliphatic carbocycles. The van der Waals surface area contributed by atoms with E-state index in [0.717, 1.165) is 10.9 Å². The van der Waals surface area contributed by atoms with Crippen molar-refractivity contribution in [2.24, 2.45) is 23.7 Å². The summed E-state index contributed by atoms with van der Waals surface area (Å²) < 4.78 is 0.924. The average molecular weight is 437 g/mol. The van der Waals surface area contributed by atoms with Gasteiger partial charge in [-0.15, -0.1) is 0 Å². The maximum Gasteiger partial charge on any atom is 0.255 e. The van der Waals surface area contributed by atoms with E-state index in [1.165, 1.54) is 4.90 Å². The molecule has 1 N–H and O–H groups in total. The molecule has 0 aromatic heterocycles. The maximum atomic E-state index is 13.0. The summed E-state index contributed by atoms with van der Waals surface area (Å²) in [4.78, 5) is 39.8. The zero-order valence-corrected chi connectivity index (χ0v) is 16.4. The fourth-order valence-electron chi connectivity index (χ4n) is 4.68. The Morgan fingerprint density at radius 2 is 1.61 bits per heavy atom. The molecule has 2 bridgehead atoms. The Balaban J connectivity index is 1.40. The number of rotatable bonds is 3.